The van der Waals surface area contributed by atoms with Crippen LogP contribution >= 0.6 is 0 Å². The second-order valence-corrected chi connectivity index (χ2v) is 6.86. The molecule has 1 amide bonds. The molecule has 2 heterocycles. The third-order valence-corrected chi connectivity index (χ3v) is 5.02. The highest BCUT2D eigenvalue weighted by molar-refractivity contribution is 5.76. The SMILES string of the molecule is COCC(C)CC(=O)N1CCCCCC1C1CCNCC1. The molecule has 0 radical (unpaired) electrons. The van der Waals surface area contributed by atoms with Crippen LogP contribution in [0, 0.1) is 11.8 Å². The summed E-state index contributed by atoms with van der Waals surface area (Å²) in [6, 6.07) is 0.483. The van der Waals surface area contributed by atoms with Crippen molar-refractivity contribution in [2.24, 2.45) is 11.8 Å². The molecule has 1 N–H and O–H groups in total. The molecule has 2 rings (SSSR count). The number of amides is 1. The molecule has 21 heavy (non-hydrogen) atoms. The molecule has 2 saturated heterocycles. The lowest BCUT2D eigenvalue weighted by atomic mass is 9.86. The van der Waals surface area contributed by atoms with E-state index in [0.29, 0.717) is 36.8 Å². The molecule has 0 aliphatic carbocycles. The fourth-order valence-electron chi connectivity index (χ4n) is 3.92. The van der Waals surface area contributed by atoms with E-state index in [0.717, 1.165) is 19.6 Å². The van der Waals surface area contributed by atoms with Gasteiger partial charge < -0.3 is 15.0 Å². The molecule has 0 spiro atoms. The van der Waals surface area contributed by atoms with Crippen LogP contribution in [-0.2, 0) is 9.53 Å². The summed E-state index contributed by atoms with van der Waals surface area (Å²) >= 11 is 0. The molecule has 2 aliphatic rings. The molecule has 2 aliphatic heterocycles. The Morgan fingerprint density at radius 3 is 2.71 bits per heavy atom. The van der Waals surface area contributed by atoms with E-state index in [9.17, 15) is 4.79 Å². The molecule has 2 fully saturated rings. The van der Waals surface area contributed by atoms with E-state index >= 15 is 0 Å². The zero-order chi connectivity index (χ0) is 15.1. The van der Waals surface area contributed by atoms with Crippen molar-refractivity contribution in [2.75, 3.05) is 33.4 Å². The molecule has 0 aromatic heterocycles. The summed E-state index contributed by atoms with van der Waals surface area (Å²) in [5.41, 5.74) is 0. The zero-order valence-electron chi connectivity index (χ0n) is 13.8. The molecule has 4 nitrogen and oxygen atoms in total. The van der Waals surface area contributed by atoms with Gasteiger partial charge in [0.15, 0.2) is 0 Å². The third-order valence-electron chi connectivity index (χ3n) is 5.02. The van der Waals surface area contributed by atoms with Crippen molar-refractivity contribution >= 4 is 5.91 Å². The molecule has 4 heteroatoms. The van der Waals surface area contributed by atoms with Gasteiger partial charge in [-0.15, -0.1) is 0 Å². The first kappa shape index (κ1) is 16.8. The van der Waals surface area contributed by atoms with Crippen LogP contribution in [-0.4, -0.2) is 50.2 Å². The van der Waals surface area contributed by atoms with E-state index < -0.39 is 0 Å². The maximum atomic E-state index is 12.7. The fourth-order valence-corrected chi connectivity index (χ4v) is 3.92. The molecule has 0 aromatic carbocycles. The zero-order valence-corrected chi connectivity index (χ0v) is 13.8. The smallest absolute Gasteiger partial charge is 0.223 e. The highest BCUT2D eigenvalue weighted by Gasteiger charge is 2.32. The number of methoxy groups -OCH3 is 1. The first-order valence-electron chi connectivity index (χ1n) is 8.71. The van der Waals surface area contributed by atoms with Gasteiger partial charge in [0, 0.05) is 32.7 Å². The van der Waals surface area contributed by atoms with Crippen molar-refractivity contribution in [2.45, 2.75) is 57.9 Å². The number of hydrogen-bond donors (Lipinski definition) is 1. The summed E-state index contributed by atoms with van der Waals surface area (Å²) in [6.07, 6.45) is 8.02. The summed E-state index contributed by atoms with van der Waals surface area (Å²) in [4.78, 5) is 15.0. The summed E-state index contributed by atoms with van der Waals surface area (Å²) in [7, 11) is 1.71. The Bertz CT molecular complexity index is 316. The Morgan fingerprint density at radius 2 is 2.00 bits per heavy atom. The van der Waals surface area contributed by atoms with Gasteiger partial charge in [0.25, 0.3) is 0 Å². The quantitative estimate of drug-likeness (QED) is 0.847. The highest BCUT2D eigenvalue weighted by atomic mass is 16.5. The molecular weight excluding hydrogens is 264 g/mol. The van der Waals surface area contributed by atoms with Gasteiger partial charge >= 0.3 is 0 Å². The van der Waals surface area contributed by atoms with E-state index in [4.69, 9.17) is 4.74 Å². The predicted octanol–water partition coefficient (Wildman–Crippen LogP) is 2.43. The van der Waals surface area contributed by atoms with Crippen molar-refractivity contribution in [3.8, 4) is 0 Å². The van der Waals surface area contributed by atoms with E-state index in [1.807, 2.05) is 0 Å². The Hall–Kier alpha value is -0.610. The molecule has 0 saturated carbocycles. The summed E-state index contributed by atoms with van der Waals surface area (Å²) in [5.74, 6) is 1.37. The van der Waals surface area contributed by atoms with Crippen molar-refractivity contribution in [1.82, 2.24) is 10.2 Å². The van der Waals surface area contributed by atoms with Crippen molar-refractivity contribution in [3.05, 3.63) is 0 Å². The van der Waals surface area contributed by atoms with Gasteiger partial charge in [0.2, 0.25) is 5.91 Å². The number of piperidine rings is 1. The lowest BCUT2D eigenvalue weighted by Gasteiger charge is -2.38. The number of likely N-dealkylation sites (tertiary alicyclic amines) is 1. The monoisotopic (exact) mass is 296 g/mol. The van der Waals surface area contributed by atoms with Gasteiger partial charge in [0.1, 0.15) is 0 Å². The van der Waals surface area contributed by atoms with Crippen LogP contribution in [0.25, 0.3) is 0 Å². The standard InChI is InChI=1S/C17H32N2O2/c1-14(13-21-2)12-17(20)19-11-5-3-4-6-16(19)15-7-9-18-10-8-15/h14-16,18H,3-13H2,1-2H3. The third kappa shape index (κ3) is 4.96. The maximum absolute atomic E-state index is 12.7. The fraction of sp³-hybridized carbons (Fsp3) is 0.941. The van der Waals surface area contributed by atoms with Gasteiger partial charge in [-0.25, -0.2) is 0 Å². The molecule has 0 aromatic rings. The number of carbonyl (C=O) groups excluding carboxylic acids is 1. The lowest BCUT2D eigenvalue weighted by Crippen LogP contribution is -2.47. The second kappa shape index (κ2) is 8.74. The van der Waals surface area contributed by atoms with Gasteiger partial charge in [0.05, 0.1) is 0 Å². The number of rotatable bonds is 5. The Kier molecular flexibility index (Phi) is 6.97. The first-order valence-corrected chi connectivity index (χ1v) is 8.71. The average Bonchev–Trinajstić information content (AvgIpc) is 2.74. The largest absolute Gasteiger partial charge is 0.384 e. The Morgan fingerprint density at radius 1 is 1.24 bits per heavy atom. The minimum atomic E-state index is 0.319. The summed E-state index contributed by atoms with van der Waals surface area (Å²) < 4.78 is 5.18. The van der Waals surface area contributed by atoms with Crippen LogP contribution in [0.5, 0.6) is 0 Å². The number of ether oxygens (including phenoxy) is 1. The van der Waals surface area contributed by atoms with E-state index in [1.54, 1.807) is 7.11 Å². The molecule has 0 bridgehead atoms. The van der Waals surface area contributed by atoms with Crippen LogP contribution in [0.15, 0.2) is 0 Å². The number of carbonyl (C=O) groups is 1. The van der Waals surface area contributed by atoms with E-state index in [-0.39, 0.29) is 0 Å². The van der Waals surface area contributed by atoms with Crippen LogP contribution in [0.4, 0.5) is 0 Å². The van der Waals surface area contributed by atoms with E-state index in [2.05, 4.69) is 17.1 Å². The van der Waals surface area contributed by atoms with Crippen LogP contribution in [0.1, 0.15) is 51.9 Å². The first-order chi connectivity index (χ1) is 10.2. The predicted molar refractivity (Wildman–Crippen MR) is 85.2 cm³/mol. The molecule has 2 unspecified atom stereocenters. The van der Waals surface area contributed by atoms with Gasteiger partial charge in [-0.2, -0.15) is 0 Å². The van der Waals surface area contributed by atoms with Crippen LogP contribution < -0.4 is 5.32 Å². The molecular formula is C17H32N2O2. The molecule has 2 atom stereocenters. The summed E-state index contributed by atoms with van der Waals surface area (Å²) in [6.45, 7) is 5.98. The average molecular weight is 296 g/mol. The second-order valence-electron chi connectivity index (χ2n) is 6.86. The van der Waals surface area contributed by atoms with Gasteiger partial charge in [-0.1, -0.05) is 19.8 Å². The molecule has 122 valence electrons. The highest BCUT2D eigenvalue weighted by Crippen LogP contribution is 2.29. The van der Waals surface area contributed by atoms with Crippen LogP contribution in [0.3, 0.4) is 0 Å². The summed E-state index contributed by atoms with van der Waals surface area (Å²) in [5, 5.41) is 3.44. The number of hydrogen-bond acceptors (Lipinski definition) is 3. The van der Waals surface area contributed by atoms with Gasteiger partial charge in [-0.05, 0) is 50.6 Å². The topological polar surface area (TPSA) is 41.6 Å². The van der Waals surface area contributed by atoms with Crippen molar-refractivity contribution in [3.63, 3.8) is 0 Å². The minimum Gasteiger partial charge on any atom is -0.384 e. The van der Waals surface area contributed by atoms with E-state index in [1.165, 1.54) is 38.5 Å². The Balaban J connectivity index is 1.98. The Labute approximate surface area is 129 Å². The number of nitrogens with zero attached hydrogens (tertiary/aromatic N) is 1. The number of nitrogens with one attached hydrogen (secondary N) is 1. The van der Waals surface area contributed by atoms with Crippen LogP contribution in [0.2, 0.25) is 0 Å². The van der Waals surface area contributed by atoms with Gasteiger partial charge in [-0.3, -0.25) is 4.79 Å². The van der Waals surface area contributed by atoms with Crippen molar-refractivity contribution < 1.29 is 9.53 Å². The normalized spacial score (nSPS) is 26.4. The maximum Gasteiger partial charge on any atom is 0.223 e. The minimum absolute atomic E-state index is 0.319. The lowest BCUT2D eigenvalue weighted by molar-refractivity contribution is -0.136. The van der Waals surface area contributed by atoms with Crippen molar-refractivity contribution in [1.29, 1.82) is 0 Å².